The summed E-state index contributed by atoms with van der Waals surface area (Å²) in [6.07, 6.45) is 0. The Labute approximate surface area is 121 Å². The van der Waals surface area contributed by atoms with E-state index in [1.165, 1.54) is 0 Å². The maximum absolute atomic E-state index is 14.0. The van der Waals surface area contributed by atoms with E-state index >= 15 is 0 Å². The van der Waals surface area contributed by atoms with Gasteiger partial charge in [0.1, 0.15) is 5.82 Å². The first-order valence-electron chi connectivity index (χ1n) is 6.96. The van der Waals surface area contributed by atoms with Gasteiger partial charge in [0.2, 0.25) is 10.0 Å². The quantitative estimate of drug-likeness (QED) is 0.819. The molecule has 1 aliphatic rings. The van der Waals surface area contributed by atoms with E-state index in [1.807, 2.05) is 0 Å². The van der Waals surface area contributed by atoms with Crippen LogP contribution in [0.2, 0.25) is 0 Å². The molecule has 0 unspecified atom stereocenters. The normalized spacial score (nSPS) is 22.6. The fraction of sp³-hybridized carbons (Fsp3) is 0.500. The minimum absolute atomic E-state index is 0.115. The highest BCUT2D eigenvalue weighted by Crippen LogP contribution is 2.36. The van der Waals surface area contributed by atoms with Gasteiger partial charge in [0, 0.05) is 0 Å². The Bertz CT molecular complexity index is 723. The molecule has 1 aromatic rings. The number of rotatable bonds is 2. The Balaban J connectivity index is 2.61. The van der Waals surface area contributed by atoms with Gasteiger partial charge in [0.15, 0.2) is 0 Å². The first-order chi connectivity index (χ1) is 9.78. The summed E-state index contributed by atoms with van der Waals surface area (Å²) in [6.45, 7) is 7.08. The van der Waals surface area contributed by atoms with Crippen molar-refractivity contribution in [1.82, 2.24) is 0 Å². The second-order valence-electron chi connectivity index (χ2n) is 5.66. The van der Waals surface area contributed by atoms with Gasteiger partial charge in [-0.3, -0.25) is 0 Å². The molecule has 0 saturated carbocycles. The molecular formula is C12H17BFNO4S. The van der Waals surface area contributed by atoms with E-state index in [9.17, 15) is 12.8 Å². The highest BCUT2D eigenvalue weighted by Gasteiger charge is 2.51. The highest BCUT2D eigenvalue weighted by molar-refractivity contribution is 7.89. The SMILES string of the molecule is [3H]c1c(B2OC(C)(C)C(C)(C)O2)cc(S(N)(=O)=O)c([3H])c1F. The minimum Gasteiger partial charge on any atom is -0.399 e. The van der Waals surface area contributed by atoms with Crippen LogP contribution < -0.4 is 10.6 Å². The summed E-state index contributed by atoms with van der Waals surface area (Å²) >= 11 is 0. The lowest BCUT2D eigenvalue weighted by atomic mass is 9.79. The zero-order chi connectivity index (χ0) is 17.1. The van der Waals surface area contributed by atoms with Crippen LogP contribution in [0.3, 0.4) is 0 Å². The van der Waals surface area contributed by atoms with Crippen molar-refractivity contribution in [3.8, 4) is 0 Å². The Morgan fingerprint density at radius 2 is 1.75 bits per heavy atom. The van der Waals surface area contributed by atoms with Crippen LogP contribution in [0.5, 0.6) is 0 Å². The first kappa shape index (κ1) is 12.8. The van der Waals surface area contributed by atoms with Crippen molar-refractivity contribution in [2.45, 2.75) is 43.8 Å². The molecule has 1 aromatic carbocycles. The molecule has 0 bridgehead atoms. The fourth-order valence-electron chi connectivity index (χ4n) is 1.73. The van der Waals surface area contributed by atoms with Crippen LogP contribution in [0.4, 0.5) is 4.39 Å². The van der Waals surface area contributed by atoms with Crippen LogP contribution in [-0.4, -0.2) is 26.7 Å². The molecule has 5 nitrogen and oxygen atoms in total. The van der Waals surface area contributed by atoms with Gasteiger partial charge in [0.05, 0.1) is 18.8 Å². The van der Waals surface area contributed by atoms with E-state index in [2.05, 4.69) is 0 Å². The molecule has 0 spiro atoms. The summed E-state index contributed by atoms with van der Waals surface area (Å²) < 4.78 is 63.6. The molecule has 2 rings (SSSR count). The van der Waals surface area contributed by atoms with Crippen molar-refractivity contribution in [3.05, 3.63) is 24.0 Å². The van der Waals surface area contributed by atoms with Crippen molar-refractivity contribution in [2.75, 3.05) is 0 Å². The third-order valence-corrected chi connectivity index (χ3v) is 4.42. The Morgan fingerprint density at radius 1 is 1.25 bits per heavy atom. The second-order valence-corrected chi connectivity index (χ2v) is 7.19. The summed E-state index contributed by atoms with van der Waals surface area (Å²) in [7, 11) is -5.42. The fourth-order valence-corrected chi connectivity index (χ4v) is 2.25. The average molecular weight is 305 g/mol. The van der Waals surface area contributed by atoms with Gasteiger partial charge in [-0.1, -0.05) is 0 Å². The van der Waals surface area contributed by atoms with Crippen molar-refractivity contribution < 1.29 is 24.9 Å². The Hall–Kier alpha value is -0.955. The monoisotopic (exact) mass is 305 g/mol. The predicted octanol–water partition coefficient (Wildman–Crippen LogP) is 0.772. The zero-order valence-corrected chi connectivity index (χ0v) is 12.5. The molecule has 110 valence electrons. The number of nitrogens with two attached hydrogens (primary N) is 1. The molecule has 0 aliphatic carbocycles. The molecule has 0 atom stereocenters. The lowest BCUT2D eigenvalue weighted by Crippen LogP contribution is -2.41. The van der Waals surface area contributed by atoms with E-state index in [0.717, 1.165) is 6.07 Å². The molecular weight excluding hydrogens is 284 g/mol. The van der Waals surface area contributed by atoms with Crippen LogP contribution in [0.15, 0.2) is 23.0 Å². The Kier molecular flexibility index (Phi) is 2.89. The van der Waals surface area contributed by atoms with Gasteiger partial charge in [-0.15, -0.1) is 0 Å². The van der Waals surface area contributed by atoms with E-state index < -0.39 is 51.1 Å². The molecule has 1 heterocycles. The number of hydrogen-bond donors (Lipinski definition) is 1. The lowest BCUT2D eigenvalue weighted by molar-refractivity contribution is 0.00578. The van der Waals surface area contributed by atoms with Crippen LogP contribution in [0.25, 0.3) is 0 Å². The lowest BCUT2D eigenvalue weighted by Gasteiger charge is -2.32. The van der Waals surface area contributed by atoms with Crippen molar-refractivity contribution in [3.63, 3.8) is 0 Å². The van der Waals surface area contributed by atoms with Gasteiger partial charge in [-0.25, -0.2) is 17.9 Å². The molecule has 0 radical (unpaired) electrons. The molecule has 1 aliphatic heterocycles. The van der Waals surface area contributed by atoms with Crippen LogP contribution >= 0.6 is 0 Å². The van der Waals surface area contributed by atoms with Crippen molar-refractivity contribution in [2.24, 2.45) is 5.14 Å². The molecule has 0 aromatic heterocycles. The molecule has 2 N–H and O–H groups in total. The van der Waals surface area contributed by atoms with Gasteiger partial charge in [0.25, 0.3) is 0 Å². The topological polar surface area (TPSA) is 78.6 Å². The number of sulfonamides is 1. The van der Waals surface area contributed by atoms with Gasteiger partial charge >= 0.3 is 7.12 Å². The van der Waals surface area contributed by atoms with Gasteiger partial charge in [-0.2, -0.15) is 0 Å². The van der Waals surface area contributed by atoms with Crippen molar-refractivity contribution in [1.29, 1.82) is 0 Å². The largest absolute Gasteiger partial charge is 0.494 e. The summed E-state index contributed by atoms with van der Waals surface area (Å²) in [5.74, 6) is -1.28. The third kappa shape index (κ3) is 2.74. The average Bonchev–Trinajstić information content (AvgIpc) is 2.54. The van der Waals surface area contributed by atoms with Gasteiger partial charge < -0.3 is 9.31 Å². The maximum Gasteiger partial charge on any atom is 0.494 e. The molecule has 8 heteroatoms. The Morgan fingerprint density at radius 3 is 2.20 bits per heavy atom. The van der Waals surface area contributed by atoms with Gasteiger partial charge in [-0.05, 0) is 51.3 Å². The first-order valence-corrected chi connectivity index (χ1v) is 7.50. The van der Waals surface area contributed by atoms with Crippen LogP contribution in [-0.2, 0) is 19.3 Å². The summed E-state index contributed by atoms with van der Waals surface area (Å²) in [5, 5.41) is 4.99. The van der Waals surface area contributed by atoms with E-state index in [4.69, 9.17) is 17.2 Å². The number of halogens is 1. The highest BCUT2D eigenvalue weighted by atomic mass is 32.2. The molecule has 0 amide bonds. The number of primary sulfonamides is 1. The van der Waals surface area contributed by atoms with E-state index in [0.29, 0.717) is 0 Å². The number of benzene rings is 1. The maximum atomic E-state index is 14.0. The molecule has 1 fully saturated rings. The zero-order valence-electron chi connectivity index (χ0n) is 13.7. The minimum atomic E-state index is -4.30. The van der Waals surface area contributed by atoms with Crippen LogP contribution in [0.1, 0.15) is 30.4 Å². The summed E-state index contributed by atoms with van der Waals surface area (Å²) in [5.41, 5.74) is -1.58. The van der Waals surface area contributed by atoms with Crippen LogP contribution in [0, 0.1) is 5.82 Å². The predicted molar refractivity (Wildman–Crippen MR) is 73.5 cm³/mol. The van der Waals surface area contributed by atoms with E-state index in [-0.39, 0.29) is 5.46 Å². The number of hydrogen-bond acceptors (Lipinski definition) is 4. The standard InChI is InChI=1S/C12H17BFNO4S/c1-11(2)12(3,4)19-13(18-11)8-5-9(14)7-10(6-8)20(15,16)17/h5-7H,1-4H3,(H2,15,16,17)/i5T,7T. The smallest absolute Gasteiger partial charge is 0.399 e. The summed E-state index contributed by atoms with van der Waals surface area (Å²) in [4.78, 5) is -0.703. The molecule has 20 heavy (non-hydrogen) atoms. The molecule has 1 saturated heterocycles. The van der Waals surface area contributed by atoms with Crippen molar-refractivity contribution >= 4 is 22.6 Å². The van der Waals surface area contributed by atoms with E-state index in [1.54, 1.807) is 27.7 Å². The second kappa shape index (κ2) is 4.52. The third-order valence-electron chi connectivity index (χ3n) is 3.59. The summed E-state index contributed by atoms with van der Waals surface area (Å²) in [6, 6.07) is -0.616.